The Morgan fingerprint density at radius 2 is 1.97 bits per heavy atom. The third-order valence-corrected chi connectivity index (χ3v) is 8.29. The molecule has 0 bridgehead atoms. The summed E-state index contributed by atoms with van der Waals surface area (Å²) in [5.41, 5.74) is 4.07. The predicted molar refractivity (Wildman–Crippen MR) is 96.0 cm³/mol. The Labute approximate surface area is 171 Å². The van der Waals surface area contributed by atoms with Crippen LogP contribution in [0.2, 0.25) is 0 Å². The number of hydrogen-bond donors (Lipinski definition) is 3. The van der Waals surface area contributed by atoms with Crippen molar-refractivity contribution in [3.05, 3.63) is 0 Å². The summed E-state index contributed by atoms with van der Waals surface area (Å²) in [7, 11) is -4.04. The molecule has 2 aliphatic heterocycles. The van der Waals surface area contributed by atoms with Gasteiger partial charge in [0.25, 0.3) is 6.43 Å². The molecule has 4 aliphatic rings. The molecule has 9 nitrogen and oxygen atoms in total. The summed E-state index contributed by atoms with van der Waals surface area (Å²) in [6, 6.07) is -2.35. The topological polar surface area (TPSA) is 103 Å². The van der Waals surface area contributed by atoms with Crippen molar-refractivity contribution in [2.24, 2.45) is 0 Å². The molecule has 2 heterocycles. The van der Waals surface area contributed by atoms with Crippen LogP contribution in [-0.4, -0.2) is 85.5 Å². The minimum absolute atomic E-state index is 0.257. The van der Waals surface area contributed by atoms with E-state index in [-0.39, 0.29) is 19.4 Å². The normalized spacial score (nSPS) is 38.4. The zero-order valence-corrected chi connectivity index (χ0v) is 17.0. The van der Waals surface area contributed by atoms with Crippen LogP contribution >= 0.6 is 0 Å². The molecule has 2 aliphatic carbocycles. The highest BCUT2D eigenvalue weighted by Gasteiger charge is 2.58. The third-order valence-electron chi connectivity index (χ3n) is 6.23. The standard InChI is InChI=1S/C16H25F4N5O4S/c1-16(2-3-16)23-30(27,28)11-7-10-9(6-8(11)18)24(5-4-17)15(26)25(10)14-22-21-13(29-14)12(19)20/h8-14,21-23H,2-7H2,1H3. The fraction of sp³-hybridized carbons (Fsp3) is 0.938. The van der Waals surface area contributed by atoms with E-state index in [0.29, 0.717) is 12.8 Å². The highest BCUT2D eigenvalue weighted by Crippen LogP contribution is 2.41. The van der Waals surface area contributed by atoms with Crippen LogP contribution in [0, 0.1) is 0 Å². The van der Waals surface area contributed by atoms with Gasteiger partial charge in [-0.1, -0.05) is 0 Å². The first-order chi connectivity index (χ1) is 14.1. The molecule has 2 saturated carbocycles. The average Bonchev–Trinajstić information content (AvgIpc) is 3.08. The molecule has 0 aromatic carbocycles. The number of amides is 2. The van der Waals surface area contributed by atoms with E-state index in [1.54, 1.807) is 6.92 Å². The Morgan fingerprint density at radius 1 is 1.27 bits per heavy atom. The zero-order chi connectivity index (χ0) is 21.8. The molecule has 14 heteroatoms. The Kier molecular flexibility index (Phi) is 5.66. The minimum Gasteiger partial charge on any atom is -0.318 e. The number of hydrazine groups is 1. The molecule has 6 atom stereocenters. The van der Waals surface area contributed by atoms with Crippen molar-refractivity contribution >= 4 is 16.1 Å². The van der Waals surface area contributed by atoms with Crippen LogP contribution in [0.15, 0.2) is 0 Å². The maximum absolute atomic E-state index is 15.0. The average molecular weight is 459 g/mol. The van der Waals surface area contributed by atoms with Crippen LogP contribution in [0.1, 0.15) is 32.6 Å². The van der Waals surface area contributed by atoms with E-state index in [2.05, 4.69) is 15.6 Å². The van der Waals surface area contributed by atoms with E-state index in [1.807, 2.05) is 0 Å². The number of urea groups is 1. The third kappa shape index (κ3) is 3.87. The summed E-state index contributed by atoms with van der Waals surface area (Å²) in [6.45, 7) is 0.540. The summed E-state index contributed by atoms with van der Waals surface area (Å²) >= 11 is 0. The van der Waals surface area contributed by atoms with Gasteiger partial charge in [-0.3, -0.25) is 4.90 Å². The van der Waals surface area contributed by atoms with E-state index >= 15 is 0 Å². The van der Waals surface area contributed by atoms with Gasteiger partial charge in [0.2, 0.25) is 16.4 Å². The quantitative estimate of drug-likeness (QED) is 0.477. The van der Waals surface area contributed by atoms with Gasteiger partial charge in [0.15, 0.2) is 6.23 Å². The van der Waals surface area contributed by atoms with E-state index in [4.69, 9.17) is 4.74 Å². The van der Waals surface area contributed by atoms with E-state index in [9.17, 15) is 30.8 Å². The van der Waals surface area contributed by atoms with Crippen molar-refractivity contribution in [2.75, 3.05) is 13.2 Å². The number of sulfonamides is 1. The van der Waals surface area contributed by atoms with E-state index < -0.39 is 70.8 Å². The van der Waals surface area contributed by atoms with Gasteiger partial charge in [0, 0.05) is 12.0 Å². The highest BCUT2D eigenvalue weighted by molar-refractivity contribution is 7.90. The molecule has 0 aromatic rings. The second kappa shape index (κ2) is 7.73. The summed E-state index contributed by atoms with van der Waals surface area (Å²) in [5, 5.41) is -1.42. The molecule has 2 amide bonds. The van der Waals surface area contributed by atoms with Gasteiger partial charge in [-0.05, 0) is 26.2 Å². The lowest BCUT2D eigenvalue weighted by Crippen LogP contribution is -2.57. The molecule has 4 rings (SSSR count). The Balaban J connectivity index is 1.58. The number of carbonyl (C=O) groups excluding carboxylic acids is 1. The lowest BCUT2D eigenvalue weighted by Gasteiger charge is -2.39. The first-order valence-corrected chi connectivity index (χ1v) is 11.4. The van der Waals surface area contributed by atoms with Crippen LogP contribution in [-0.2, 0) is 14.8 Å². The van der Waals surface area contributed by atoms with Gasteiger partial charge >= 0.3 is 6.03 Å². The molecule has 0 spiro atoms. The van der Waals surface area contributed by atoms with Crippen LogP contribution < -0.4 is 15.6 Å². The fourth-order valence-corrected chi connectivity index (χ4v) is 6.42. The first-order valence-electron chi connectivity index (χ1n) is 9.83. The minimum atomic E-state index is -4.04. The van der Waals surface area contributed by atoms with Gasteiger partial charge < -0.3 is 9.64 Å². The van der Waals surface area contributed by atoms with E-state index in [1.165, 1.54) is 0 Å². The number of alkyl halides is 4. The number of rotatable bonds is 7. The number of nitrogens with zero attached hydrogens (tertiary/aromatic N) is 2. The maximum atomic E-state index is 15.0. The Hall–Kier alpha value is -1.22. The number of nitrogens with one attached hydrogen (secondary N) is 3. The van der Waals surface area contributed by atoms with Crippen LogP contribution in [0.5, 0.6) is 0 Å². The lowest BCUT2D eigenvalue weighted by atomic mass is 9.88. The molecule has 4 fully saturated rings. The number of hydrogen-bond acceptors (Lipinski definition) is 6. The smallest absolute Gasteiger partial charge is 0.318 e. The predicted octanol–water partition coefficient (Wildman–Crippen LogP) is 0.402. The number of carbonyl (C=O) groups is 1. The molecule has 0 aromatic heterocycles. The van der Waals surface area contributed by atoms with Crippen LogP contribution in [0.4, 0.5) is 22.4 Å². The van der Waals surface area contributed by atoms with Gasteiger partial charge in [-0.25, -0.2) is 46.3 Å². The molecular formula is C16H25F4N5O4S. The van der Waals surface area contributed by atoms with Crippen molar-refractivity contribution in [3.63, 3.8) is 0 Å². The van der Waals surface area contributed by atoms with Gasteiger partial charge in [0.05, 0.1) is 18.6 Å². The molecule has 3 N–H and O–H groups in total. The largest absolute Gasteiger partial charge is 0.323 e. The lowest BCUT2D eigenvalue weighted by molar-refractivity contribution is -0.104. The number of fused-ring (bicyclic) bond motifs is 1. The van der Waals surface area contributed by atoms with Crippen molar-refractivity contribution in [1.29, 1.82) is 0 Å². The zero-order valence-electron chi connectivity index (χ0n) is 16.2. The number of ether oxygens (including phenoxy) is 1. The van der Waals surface area contributed by atoms with Gasteiger partial charge in [0.1, 0.15) is 18.1 Å². The van der Waals surface area contributed by atoms with Crippen LogP contribution in [0.3, 0.4) is 0 Å². The first kappa shape index (κ1) is 22.0. The molecule has 2 saturated heterocycles. The number of halogens is 4. The SMILES string of the molecule is CC1(NS(=O)(=O)C2CC3C(CC2F)N(CCF)C(=O)N3C2NNC(C(F)F)O2)CC1. The van der Waals surface area contributed by atoms with E-state index in [0.717, 1.165) is 9.80 Å². The molecule has 6 unspecified atom stereocenters. The van der Waals surface area contributed by atoms with Crippen molar-refractivity contribution in [2.45, 2.75) is 80.7 Å². The van der Waals surface area contributed by atoms with Crippen molar-refractivity contribution < 1.29 is 35.5 Å². The fourth-order valence-electron chi connectivity index (χ4n) is 4.42. The second-order valence-corrected chi connectivity index (χ2v) is 10.4. The summed E-state index contributed by atoms with van der Waals surface area (Å²) in [4.78, 5) is 15.1. The maximum Gasteiger partial charge on any atom is 0.323 e. The monoisotopic (exact) mass is 459 g/mol. The summed E-state index contributed by atoms with van der Waals surface area (Å²) < 4.78 is 87.2. The van der Waals surface area contributed by atoms with Gasteiger partial charge in [-0.2, -0.15) is 0 Å². The molecular weight excluding hydrogens is 434 g/mol. The Bertz CT molecular complexity index is 786. The van der Waals surface area contributed by atoms with Crippen molar-refractivity contribution in [3.8, 4) is 0 Å². The summed E-state index contributed by atoms with van der Waals surface area (Å²) in [5.74, 6) is 0. The second-order valence-electron chi connectivity index (χ2n) is 8.47. The molecule has 30 heavy (non-hydrogen) atoms. The van der Waals surface area contributed by atoms with Crippen molar-refractivity contribution in [1.82, 2.24) is 25.4 Å². The van der Waals surface area contributed by atoms with Gasteiger partial charge in [-0.15, -0.1) is 0 Å². The molecule has 172 valence electrons. The Morgan fingerprint density at radius 3 is 2.53 bits per heavy atom. The molecule has 0 radical (unpaired) electrons. The van der Waals surface area contributed by atoms with Crippen LogP contribution in [0.25, 0.3) is 0 Å². The highest BCUT2D eigenvalue weighted by atomic mass is 32.2. The summed E-state index contributed by atoms with van der Waals surface area (Å²) in [6.07, 6.45) is -6.89.